The Balaban J connectivity index is 3.29. The molecule has 0 aliphatic carbocycles. The van der Waals surface area contributed by atoms with Gasteiger partial charge in [0, 0.05) is 17.3 Å². The summed E-state index contributed by atoms with van der Waals surface area (Å²) in [4.78, 5) is 0.287. The van der Waals surface area contributed by atoms with Crippen LogP contribution < -0.4 is 0 Å². The molecule has 1 rings (SSSR count). The molecule has 0 bridgehead atoms. The minimum absolute atomic E-state index is 0.0566. The molecule has 1 N–H and O–H groups in total. The van der Waals surface area contributed by atoms with Crippen molar-refractivity contribution >= 4 is 25.8 Å². The van der Waals surface area contributed by atoms with E-state index in [1.807, 2.05) is 0 Å². The van der Waals surface area contributed by atoms with Gasteiger partial charge in [-0.15, -0.1) is 0 Å². The van der Waals surface area contributed by atoms with Crippen LogP contribution in [0.2, 0.25) is 0 Å². The summed E-state index contributed by atoms with van der Waals surface area (Å²) in [7, 11) is -3.20. The average Bonchev–Trinajstić information content (AvgIpc) is 2.02. The second kappa shape index (κ2) is 4.42. The highest BCUT2D eigenvalue weighted by Gasteiger charge is 2.12. The molecule has 0 unspecified atom stereocenters. The summed E-state index contributed by atoms with van der Waals surface area (Å²) in [5.41, 5.74) is 0.643. The van der Waals surface area contributed by atoms with Crippen molar-refractivity contribution in [2.75, 3.05) is 12.9 Å². The fourth-order valence-electron chi connectivity index (χ4n) is 1.23. The number of hydrogen-bond acceptors (Lipinski definition) is 3. The topological polar surface area (TPSA) is 54.4 Å². The lowest BCUT2D eigenvalue weighted by Crippen LogP contribution is -2.04. The third-order valence-corrected chi connectivity index (χ3v) is 3.49. The minimum atomic E-state index is -3.20. The summed E-state index contributed by atoms with van der Waals surface area (Å²) in [5.74, 6) is 0. The summed E-state index contributed by atoms with van der Waals surface area (Å²) in [6.45, 7) is -0.0566. The van der Waals surface area contributed by atoms with E-state index in [2.05, 4.69) is 15.9 Å². The summed E-state index contributed by atoms with van der Waals surface area (Å²) in [6.07, 6.45) is 1.51. The number of benzene rings is 1. The van der Waals surface area contributed by atoms with E-state index in [-0.39, 0.29) is 11.5 Å². The molecular formula is C9H11BrO3S. The van der Waals surface area contributed by atoms with E-state index in [1.54, 1.807) is 18.2 Å². The molecule has 0 fully saturated rings. The van der Waals surface area contributed by atoms with E-state index >= 15 is 0 Å². The first-order chi connectivity index (χ1) is 6.45. The molecule has 1 aromatic rings. The standard InChI is InChI=1S/C9H11BrO3S/c1-14(12,13)9-3-2-8(10)6-7(9)4-5-11/h2-3,6,11H,4-5H2,1H3. The Morgan fingerprint density at radius 1 is 1.43 bits per heavy atom. The van der Waals surface area contributed by atoms with Crippen LogP contribution in [-0.2, 0) is 16.3 Å². The molecule has 0 aromatic heterocycles. The lowest BCUT2D eigenvalue weighted by molar-refractivity contribution is 0.298. The van der Waals surface area contributed by atoms with Crippen LogP contribution in [0.25, 0.3) is 0 Å². The van der Waals surface area contributed by atoms with Crippen LogP contribution in [0, 0.1) is 0 Å². The first kappa shape index (κ1) is 11.7. The molecule has 0 aliphatic heterocycles. The van der Waals surface area contributed by atoms with Crippen LogP contribution in [-0.4, -0.2) is 26.4 Å². The van der Waals surface area contributed by atoms with Crippen molar-refractivity contribution in [3.63, 3.8) is 0 Å². The van der Waals surface area contributed by atoms with Gasteiger partial charge in [-0.25, -0.2) is 8.42 Å². The highest BCUT2D eigenvalue weighted by Crippen LogP contribution is 2.21. The fraction of sp³-hybridized carbons (Fsp3) is 0.333. The second-order valence-corrected chi connectivity index (χ2v) is 5.90. The third-order valence-electron chi connectivity index (χ3n) is 1.80. The number of sulfone groups is 1. The van der Waals surface area contributed by atoms with Gasteiger partial charge in [0.05, 0.1) is 4.90 Å². The summed E-state index contributed by atoms with van der Waals surface area (Å²) < 4.78 is 23.5. The van der Waals surface area contributed by atoms with Gasteiger partial charge in [0.2, 0.25) is 0 Å². The molecule has 0 radical (unpaired) electrons. The summed E-state index contributed by atoms with van der Waals surface area (Å²) in [6, 6.07) is 4.94. The predicted octanol–water partition coefficient (Wildman–Crippen LogP) is 1.39. The Morgan fingerprint density at radius 3 is 2.57 bits per heavy atom. The number of hydrogen-bond donors (Lipinski definition) is 1. The average molecular weight is 279 g/mol. The highest BCUT2D eigenvalue weighted by molar-refractivity contribution is 9.10. The maximum Gasteiger partial charge on any atom is 0.175 e. The largest absolute Gasteiger partial charge is 0.396 e. The smallest absolute Gasteiger partial charge is 0.175 e. The Labute approximate surface area is 91.8 Å². The van der Waals surface area contributed by atoms with Gasteiger partial charge in [-0.1, -0.05) is 15.9 Å². The normalized spacial score (nSPS) is 11.6. The molecule has 0 aliphatic rings. The second-order valence-electron chi connectivity index (χ2n) is 3.00. The Kier molecular flexibility index (Phi) is 3.69. The van der Waals surface area contributed by atoms with Gasteiger partial charge in [0.1, 0.15) is 0 Å². The lowest BCUT2D eigenvalue weighted by atomic mass is 10.2. The van der Waals surface area contributed by atoms with Crippen molar-refractivity contribution in [1.29, 1.82) is 0 Å². The summed E-state index contributed by atoms with van der Waals surface area (Å²) >= 11 is 3.26. The zero-order valence-electron chi connectivity index (χ0n) is 7.70. The van der Waals surface area contributed by atoms with Crippen LogP contribution in [0.1, 0.15) is 5.56 Å². The molecule has 0 spiro atoms. The van der Waals surface area contributed by atoms with Gasteiger partial charge < -0.3 is 5.11 Å². The first-order valence-electron chi connectivity index (χ1n) is 4.04. The minimum Gasteiger partial charge on any atom is -0.396 e. The van der Waals surface area contributed by atoms with E-state index in [0.29, 0.717) is 12.0 Å². The number of aliphatic hydroxyl groups is 1. The monoisotopic (exact) mass is 278 g/mol. The van der Waals surface area contributed by atoms with E-state index in [9.17, 15) is 8.42 Å². The molecule has 0 heterocycles. The van der Waals surface area contributed by atoms with Crippen molar-refractivity contribution in [3.05, 3.63) is 28.2 Å². The molecule has 3 nitrogen and oxygen atoms in total. The van der Waals surface area contributed by atoms with Crippen molar-refractivity contribution in [3.8, 4) is 0 Å². The van der Waals surface area contributed by atoms with Gasteiger partial charge in [-0.2, -0.15) is 0 Å². The lowest BCUT2D eigenvalue weighted by Gasteiger charge is -2.06. The molecule has 0 saturated heterocycles. The molecule has 0 amide bonds. The van der Waals surface area contributed by atoms with E-state index in [0.717, 1.165) is 10.7 Å². The van der Waals surface area contributed by atoms with Crippen LogP contribution in [0.15, 0.2) is 27.6 Å². The SMILES string of the molecule is CS(=O)(=O)c1ccc(Br)cc1CCO. The maximum absolute atomic E-state index is 11.3. The maximum atomic E-state index is 11.3. The van der Waals surface area contributed by atoms with E-state index in [4.69, 9.17) is 5.11 Å². The molecule has 1 aromatic carbocycles. The van der Waals surface area contributed by atoms with Crippen LogP contribution in [0.5, 0.6) is 0 Å². The first-order valence-corrected chi connectivity index (χ1v) is 6.73. The number of halogens is 1. The van der Waals surface area contributed by atoms with Crippen LogP contribution in [0.4, 0.5) is 0 Å². The Hall–Kier alpha value is -0.390. The number of rotatable bonds is 3. The highest BCUT2D eigenvalue weighted by atomic mass is 79.9. The molecule has 0 atom stereocenters. The van der Waals surface area contributed by atoms with Crippen molar-refractivity contribution < 1.29 is 13.5 Å². The van der Waals surface area contributed by atoms with Crippen molar-refractivity contribution in [1.82, 2.24) is 0 Å². The summed E-state index contributed by atoms with van der Waals surface area (Å²) in [5, 5.41) is 8.79. The van der Waals surface area contributed by atoms with Gasteiger partial charge >= 0.3 is 0 Å². The number of aliphatic hydroxyl groups excluding tert-OH is 1. The zero-order valence-corrected chi connectivity index (χ0v) is 10.1. The predicted molar refractivity (Wildman–Crippen MR) is 58.0 cm³/mol. The van der Waals surface area contributed by atoms with Crippen LogP contribution in [0.3, 0.4) is 0 Å². The van der Waals surface area contributed by atoms with Gasteiger partial charge in [0.25, 0.3) is 0 Å². The van der Waals surface area contributed by atoms with Gasteiger partial charge in [-0.3, -0.25) is 0 Å². The van der Waals surface area contributed by atoms with E-state index < -0.39 is 9.84 Å². The van der Waals surface area contributed by atoms with Crippen LogP contribution >= 0.6 is 15.9 Å². The van der Waals surface area contributed by atoms with E-state index in [1.165, 1.54) is 0 Å². The Morgan fingerprint density at radius 2 is 2.07 bits per heavy atom. The molecular weight excluding hydrogens is 268 g/mol. The zero-order chi connectivity index (χ0) is 10.8. The molecule has 5 heteroatoms. The third kappa shape index (κ3) is 2.80. The fourth-order valence-corrected chi connectivity index (χ4v) is 2.59. The van der Waals surface area contributed by atoms with Gasteiger partial charge in [0.15, 0.2) is 9.84 Å². The van der Waals surface area contributed by atoms with Crippen molar-refractivity contribution in [2.24, 2.45) is 0 Å². The molecule has 14 heavy (non-hydrogen) atoms. The Bertz CT molecular complexity index is 426. The van der Waals surface area contributed by atoms with Crippen molar-refractivity contribution in [2.45, 2.75) is 11.3 Å². The molecule has 0 saturated carbocycles. The molecule has 78 valence electrons. The van der Waals surface area contributed by atoms with Gasteiger partial charge in [-0.05, 0) is 30.2 Å². The quantitative estimate of drug-likeness (QED) is 0.909.